The van der Waals surface area contributed by atoms with Gasteiger partial charge in [-0.15, -0.1) is 0 Å². The highest BCUT2D eigenvalue weighted by atomic mass is 32.2. The van der Waals surface area contributed by atoms with Crippen LogP contribution in [0.15, 0.2) is 221 Å². The van der Waals surface area contributed by atoms with Crippen molar-refractivity contribution in [3.8, 4) is 45.9 Å². The van der Waals surface area contributed by atoms with Crippen LogP contribution in [0.5, 0.6) is 11.8 Å². The highest BCUT2D eigenvalue weighted by Crippen LogP contribution is 2.47. The zero-order chi connectivity index (χ0) is 103. The molecular weight excluding hydrogens is 1920 g/mol. The SMILES string of the molecule is CC(C)Oc1ccc(C2=NCc3ccc(N4CC[C@]5(CCN(CC(=O)N6CC=C(c7ccc(-c8ncn(C)n8)cc7)CC6)C5)C4=O)nc32)cn1.CC(C)Oc1ccc(C2=NCc3ccc(N4CC[C@]5(CCN(CC(=O)N6CCN(c7ccc(-c8ncn(C)n8)cc7)CC6)C5)C4=O)nc32)cn1.Cn1cnc(-c2ccc(C3=CCN(C(=O)CN4CC[C@]5(CCN(c6ccc7c(c6)C(c6ccc(S(C)(=O)=O)nc6)=NC7)C5=O)C4)CC3)cc2)n1. The van der Waals surface area contributed by atoms with Gasteiger partial charge in [-0.1, -0.05) is 78.9 Å². The van der Waals surface area contributed by atoms with E-state index in [1.807, 2.05) is 181 Å². The van der Waals surface area contributed by atoms with Crippen molar-refractivity contribution >= 4 is 96.6 Å². The number of aryl methyl sites for hydroxylation is 3. The van der Waals surface area contributed by atoms with Gasteiger partial charge in [-0.05, 0) is 199 Å². The van der Waals surface area contributed by atoms with Crippen LogP contribution in [0.3, 0.4) is 0 Å². The number of sulfone groups is 1. The molecule has 0 unspecified atom stereocenters. The van der Waals surface area contributed by atoms with Gasteiger partial charge in [0.2, 0.25) is 47.2 Å². The molecule has 12 aliphatic heterocycles. The molecule has 0 radical (unpaired) electrons. The first-order valence-electron chi connectivity index (χ1n) is 51.7. The highest BCUT2D eigenvalue weighted by molar-refractivity contribution is 7.90. The summed E-state index contributed by atoms with van der Waals surface area (Å²) in [6.45, 7) is 21.7. The van der Waals surface area contributed by atoms with E-state index in [1.54, 1.807) is 57.7 Å². The van der Waals surface area contributed by atoms with E-state index in [-0.39, 0.29) is 52.7 Å². The van der Waals surface area contributed by atoms with Crippen molar-refractivity contribution in [3.63, 3.8) is 0 Å². The molecule has 0 bridgehead atoms. The molecule has 7 saturated heterocycles. The molecular formula is C112H121N27O10S. The molecule has 38 heteroatoms. The number of carbonyl (C=O) groups is 6. The number of amides is 6. The molecule has 0 N–H and O–H groups in total. The molecule has 4 aromatic carbocycles. The van der Waals surface area contributed by atoms with Crippen LogP contribution in [0.2, 0.25) is 0 Å². The third kappa shape index (κ3) is 20.5. The molecule has 150 heavy (non-hydrogen) atoms. The molecule has 3 spiro atoms. The number of likely N-dealkylation sites (tertiary alicyclic amines) is 3. The van der Waals surface area contributed by atoms with Crippen LogP contribution in [0.25, 0.3) is 45.3 Å². The number of carbonyl (C=O) groups excluding carboxylic acids is 6. The Morgan fingerprint density at radius 1 is 0.380 bits per heavy atom. The predicted molar refractivity (Wildman–Crippen MR) is 568 cm³/mol. The van der Waals surface area contributed by atoms with E-state index in [4.69, 9.17) is 34.4 Å². The molecule has 7 fully saturated rings. The lowest BCUT2D eigenvalue weighted by Crippen LogP contribution is -2.51. The standard InChI is InChI=1S/C38H41N9O3.C37H42N10O3.C37H38N8O4S/c1-25(2)50-32-11-9-29(20-39-32)34-35-30(21-40-34)8-10-31(42-35)47-19-15-38(37(47)49)14-18-45(23-38)22-33(48)46-16-12-27(13-17-46)26-4-6-28(7-5-26)36-41-24-44(3)43-36;1-25(2)50-31-11-7-27(20-38-31)33-34-28(21-39-33)6-10-30(41-34)47-15-13-37(36(47)49)12-14-44(23-37)22-32(48)46-18-16-45(17-19-46)29-8-4-26(5-9-29)35-40-24-43(3)42-35;1-42-24-40-35(41-42)27-5-3-25(4-6-27)26-11-15-44(16-12-26)33(46)22-43-17-13-37(23-43)14-18-45(36(37)47)30-9-7-28-20-39-34(31(28)19-30)29-8-10-32(38-21-29)50(2,48)49/h4-12,20,24-25H,13-19,21-23H2,1-3H3;4-11,20,24-25H,12-19,21-23H2,1-3H3;3-11,19,21,24H,12-18,20,22-23H2,1-2H3/t38-;2*37-/m000/s1. The van der Waals surface area contributed by atoms with Crippen molar-refractivity contribution in [2.75, 3.05) is 157 Å². The summed E-state index contributed by atoms with van der Waals surface area (Å²) >= 11 is 0. The Balaban J connectivity index is 0.000000127. The molecule has 0 saturated carbocycles. The monoisotopic (exact) mass is 2040 g/mol. The van der Waals surface area contributed by atoms with Gasteiger partial charge in [0.1, 0.15) is 30.6 Å². The topological polar surface area (TPSA) is 381 Å². The first kappa shape index (κ1) is 99.2. The number of hydrogen-bond acceptors (Lipinski definition) is 28. The number of aromatic nitrogens is 14. The van der Waals surface area contributed by atoms with Crippen LogP contribution in [0, 0.1) is 16.2 Å². The first-order valence-corrected chi connectivity index (χ1v) is 53.6. The second kappa shape index (κ2) is 41.3. The molecule has 37 nitrogen and oxygen atoms in total. The lowest BCUT2D eigenvalue weighted by Gasteiger charge is -2.37. The molecule has 0 aliphatic carbocycles. The fourth-order valence-corrected chi connectivity index (χ4v) is 23.3. The summed E-state index contributed by atoms with van der Waals surface area (Å²) in [4.78, 5) is 153. The highest BCUT2D eigenvalue weighted by Gasteiger charge is 2.55. The second-order valence-electron chi connectivity index (χ2n) is 41.7. The van der Waals surface area contributed by atoms with Gasteiger partial charge in [0, 0.05) is 211 Å². The quantitative estimate of drug-likeness (QED) is 0.0574. The number of piperazine rings is 1. The van der Waals surface area contributed by atoms with Crippen LogP contribution in [-0.2, 0) is 79.4 Å². The van der Waals surface area contributed by atoms with Crippen molar-refractivity contribution in [3.05, 3.63) is 263 Å². The number of hydrogen-bond donors (Lipinski definition) is 0. The van der Waals surface area contributed by atoms with Gasteiger partial charge < -0.3 is 34.0 Å². The Morgan fingerprint density at radius 2 is 0.753 bits per heavy atom. The average molecular weight is 2040 g/mol. The number of anilines is 4. The summed E-state index contributed by atoms with van der Waals surface area (Å²) in [7, 11) is 2.17. The van der Waals surface area contributed by atoms with Gasteiger partial charge in [-0.25, -0.2) is 48.3 Å². The largest absolute Gasteiger partial charge is 0.475 e. The molecule has 6 amide bonds. The number of rotatable bonds is 23. The van der Waals surface area contributed by atoms with E-state index in [0.717, 1.165) is 197 Å². The minimum absolute atomic E-state index is 0.0218. The van der Waals surface area contributed by atoms with E-state index in [0.29, 0.717) is 159 Å². The van der Waals surface area contributed by atoms with Gasteiger partial charge in [0.15, 0.2) is 32.3 Å². The number of benzene rings is 4. The summed E-state index contributed by atoms with van der Waals surface area (Å²) in [6.07, 6.45) is 21.8. The van der Waals surface area contributed by atoms with Crippen LogP contribution in [-0.4, -0.2) is 309 Å². The third-order valence-corrected chi connectivity index (χ3v) is 31.9. The van der Waals surface area contributed by atoms with E-state index >= 15 is 0 Å². The average Bonchev–Trinajstić information content (AvgIpc) is 1.60. The van der Waals surface area contributed by atoms with Crippen LogP contribution >= 0.6 is 0 Å². The van der Waals surface area contributed by atoms with Crippen molar-refractivity contribution in [1.29, 1.82) is 0 Å². The molecule has 12 aromatic rings. The van der Waals surface area contributed by atoms with Crippen LogP contribution in [0.1, 0.15) is 141 Å². The zero-order valence-corrected chi connectivity index (χ0v) is 86.5. The van der Waals surface area contributed by atoms with Crippen molar-refractivity contribution in [1.82, 2.24) is 98.6 Å². The molecule has 3 atom stereocenters. The fourth-order valence-electron chi connectivity index (χ4n) is 22.7. The van der Waals surface area contributed by atoms with E-state index in [9.17, 15) is 37.2 Å². The van der Waals surface area contributed by atoms with Crippen LogP contribution in [0.4, 0.5) is 23.0 Å². The lowest BCUT2D eigenvalue weighted by molar-refractivity contribution is -0.133. The van der Waals surface area contributed by atoms with Crippen molar-refractivity contribution < 1.29 is 46.7 Å². The number of ether oxygens (including phenoxy) is 2. The van der Waals surface area contributed by atoms with Crippen LogP contribution < -0.4 is 29.1 Å². The second-order valence-corrected chi connectivity index (χ2v) is 43.7. The summed E-state index contributed by atoms with van der Waals surface area (Å²) in [6, 6.07) is 49.6. The molecule has 770 valence electrons. The first-order chi connectivity index (χ1) is 72.5. The Bertz CT molecular complexity index is 7500. The normalized spacial score (nSPS) is 20.7. The maximum atomic E-state index is 14.0. The molecule has 20 heterocycles. The van der Waals surface area contributed by atoms with E-state index < -0.39 is 26.1 Å². The Morgan fingerprint density at radius 3 is 1.15 bits per heavy atom. The maximum absolute atomic E-state index is 14.0. The van der Waals surface area contributed by atoms with Gasteiger partial charge >= 0.3 is 0 Å². The van der Waals surface area contributed by atoms with E-state index in [1.165, 1.54) is 17.2 Å². The minimum Gasteiger partial charge on any atom is -0.475 e. The zero-order valence-electron chi connectivity index (χ0n) is 85.7. The smallest absolute Gasteiger partial charge is 0.237 e. The maximum Gasteiger partial charge on any atom is 0.237 e. The predicted octanol–water partition coefficient (Wildman–Crippen LogP) is 10.7. The van der Waals surface area contributed by atoms with Gasteiger partial charge in [-0.3, -0.25) is 82.3 Å². The Kier molecular flexibility index (Phi) is 27.3. The Hall–Kier alpha value is -15.4. The Labute approximate surface area is 870 Å². The van der Waals surface area contributed by atoms with Gasteiger partial charge in [0.25, 0.3) is 0 Å². The van der Waals surface area contributed by atoms with Crippen molar-refractivity contribution in [2.24, 2.45) is 52.4 Å². The summed E-state index contributed by atoms with van der Waals surface area (Å²) < 4.78 is 40.2. The number of aliphatic imine (C=N–C) groups is 3. The van der Waals surface area contributed by atoms with Gasteiger partial charge in [0.05, 0.1) is 96.2 Å². The summed E-state index contributed by atoms with van der Waals surface area (Å²) in [5, 5.41) is 13.2. The lowest BCUT2D eigenvalue weighted by atomic mass is 9.85. The van der Waals surface area contributed by atoms with Gasteiger partial charge in [-0.2, -0.15) is 15.3 Å². The number of fused-ring (bicyclic) bond motifs is 3. The molecule has 24 rings (SSSR count). The fraction of sp³-hybridized carbons (Fsp3) is 0.393. The van der Waals surface area contributed by atoms with E-state index in [2.05, 4.69) is 113 Å². The number of pyridine rings is 5. The van der Waals surface area contributed by atoms with Crippen molar-refractivity contribution in [2.45, 2.75) is 116 Å². The summed E-state index contributed by atoms with van der Waals surface area (Å²) in [5.74, 6) is 5.23. The summed E-state index contributed by atoms with van der Waals surface area (Å²) in [5.41, 5.74) is 18.7. The molecule has 12 aliphatic rings. The number of nitrogens with zero attached hydrogens (tertiary/aromatic N) is 27. The molecule has 8 aromatic heterocycles. The minimum atomic E-state index is -3.40. The third-order valence-electron chi connectivity index (χ3n) is 30.9.